The molecule has 0 saturated heterocycles. The third kappa shape index (κ3) is 2.09. The molecule has 11 heavy (non-hydrogen) atoms. The summed E-state index contributed by atoms with van der Waals surface area (Å²) in [7, 11) is 0. The monoisotopic (exact) mass is 148 g/mol. The van der Waals surface area contributed by atoms with Gasteiger partial charge in [0.05, 0.1) is 0 Å². The summed E-state index contributed by atoms with van der Waals surface area (Å²) in [6.45, 7) is 1.90. The van der Waals surface area contributed by atoms with Crippen LogP contribution in [0.25, 0.3) is 0 Å². The van der Waals surface area contributed by atoms with E-state index in [-0.39, 0.29) is 12.2 Å². The third-order valence-corrected chi connectivity index (χ3v) is 1.47. The van der Waals surface area contributed by atoms with Gasteiger partial charge in [0.25, 0.3) is 0 Å². The predicted molar refractivity (Wildman–Crippen MR) is 44.5 cm³/mol. The first-order chi connectivity index (χ1) is 5.22. The van der Waals surface area contributed by atoms with Crippen LogP contribution in [0.15, 0.2) is 35.2 Å². The molecule has 1 rings (SSSR count). The van der Waals surface area contributed by atoms with Crippen molar-refractivity contribution in [1.82, 2.24) is 0 Å². The molecule has 0 bridgehead atoms. The Morgan fingerprint density at radius 3 is 2.91 bits per heavy atom. The fourth-order valence-electron chi connectivity index (χ4n) is 0.929. The van der Waals surface area contributed by atoms with Crippen LogP contribution in [0, 0.1) is 12.3 Å². The minimum absolute atomic E-state index is 0.175. The van der Waals surface area contributed by atoms with E-state index in [2.05, 4.69) is 5.92 Å². The predicted octanol–water partition coefficient (Wildman–Crippen LogP) is 2.75. The van der Waals surface area contributed by atoms with Crippen molar-refractivity contribution in [2.75, 3.05) is 0 Å². The minimum atomic E-state index is -0.175. The number of hydrogen-bond acceptors (Lipinski definition) is 0. The van der Waals surface area contributed by atoms with E-state index in [9.17, 15) is 4.39 Å². The summed E-state index contributed by atoms with van der Waals surface area (Å²) >= 11 is 0. The summed E-state index contributed by atoms with van der Waals surface area (Å²) in [4.78, 5) is 0. The van der Waals surface area contributed by atoms with E-state index < -0.39 is 0 Å². The van der Waals surface area contributed by atoms with Gasteiger partial charge in [-0.1, -0.05) is 17.6 Å². The SMILES string of the molecule is C#CC1=CC(C)=CC=C(F)C1. The van der Waals surface area contributed by atoms with Crippen LogP contribution in [0.1, 0.15) is 13.3 Å². The fraction of sp³-hybridized carbons (Fsp3) is 0.200. The Labute approximate surface area is 66.1 Å². The van der Waals surface area contributed by atoms with Crippen molar-refractivity contribution >= 4 is 0 Å². The number of allylic oxidation sites excluding steroid dienone is 6. The van der Waals surface area contributed by atoms with E-state index in [1.165, 1.54) is 6.08 Å². The average Bonchev–Trinajstić information content (AvgIpc) is 2.13. The molecule has 0 N–H and O–H groups in total. The van der Waals surface area contributed by atoms with Gasteiger partial charge < -0.3 is 0 Å². The highest BCUT2D eigenvalue weighted by Gasteiger charge is 2.01. The van der Waals surface area contributed by atoms with E-state index in [0.29, 0.717) is 5.57 Å². The van der Waals surface area contributed by atoms with Crippen LogP contribution < -0.4 is 0 Å². The molecule has 1 aliphatic carbocycles. The van der Waals surface area contributed by atoms with Gasteiger partial charge in [-0.15, -0.1) is 6.42 Å². The van der Waals surface area contributed by atoms with Crippen molar-refractivity contribution < 1.29 is 4.39 Å². The maximum Gasteiger partial charge on any atom is 0.105 e. The lowest BCUT2D eigenvalue weighted by Gasteiger charge is -1.93. The van der Waals surface area contributed by atoms with Crippen molar-refractivity contribution in [3.8, 4) is 12.3 Å². The van der Waals surface area contributed by atoms with E-state index >= 15 is 0 Å². The first-order valence-electron chi connectivity index (χ1n) is 3.42. The molecule has 0 aliphatic heterocycles. The standard InChI is InChI=1S/C10H9F/c1-3-9-6-8(2)4-5-10(11)7-9/h1,4-6H,7H2,2H3. The third-order valence-electron chi connectivity index (χ3n) is 1.47. The molecule has 0 atom stereocenters. The first kappa shape index (κ1) is 7.81. The molecule has 1 heteroatoms. The number of halogens is 1. The smallest absolute Gasteiger partial charge is 0.105 e. The molecule has 0 aromatic heterocycles. The molecule has 56 valence electrons. The van der Waals surface area contributed by atoms with Crippen LogP contribution in [0.5, 0.6) is 0 Å². The lowest BCUT2D eigenvalue weighted by molar-refractivity contribution is 0.615. The lowest BCUT2D eigenvalue weighted by atomic mass is 10.1. The number of terminal acetylenes is 1. The van der Waals surface area contributed by atoms with Crippen LogP contribution >= 0.6 is 0 Å². The largest absolute Gasteiger partial charge is 0.211 e. The van der Waals surface area contributed by atoms with E-state index in [4.69, 9.17) is 6.42 Å². The summed E-state index contributed by atoms with van der Waals surface area (Å²) in [6, 6.07) is 0. The minimum Gasteiger partial charge on any atom is -0.211 e. The maximum atomic E-state index is 12.7. The van der Waals surface area contributed by atoms with Gasteiger partial charge in [0.1, 0.15) is 5.83 Å². The summed E-state index contributed by atoms with van der Waals surface area (Å²) in [5.41, 5.74) is 1.69. The van der Waals surface area contributed by atoms with Gasteiger partial charge in [-0.2, -0.15) is 0 Å². The van der Waals surface area contributed by atoms with Gasteiger partial charge in [0, 0.05) is 12.0 Å². The van der Waals surface area contributed by atoms with Crippen molar-refractivity contribution in [3.05, 3.63) is 35.2 Å². The van der Waals surface area contributed by atoms with Crippen LogP contribution in [-0.4, -0.2) is 0 Å². The summed E-state index contributed by atoms with van der Waals surface area (Å²) in [5.74, 6) is 2.27. The van der Waals surface area contributed by atoms with E-state index in [0.717, 1.165) is 5.57 Å². The molecular formula is C10H9F. The molecule has 0 saturated carbocycles. The van der Waals surface area contributed by atoms with E-state index in [1.807, 2.05) is 13.0 Å². The van der Waals surface area contributed by atoms with Crippen molar-refractivity contribution in [2.45, 2.75) is 13.3 Å². The first-order valence-corrected chi connectivity index (χ1v) is 3.42. The molecule has 0 aromatic carbocycles. The normalized spacial score (nSPS) is 17.4. The molecular weight excluding hydrogens is 139 g/mol. The Morgan fingerprint density at radius 1 is 1.55 bits per heavy atom. The van der Waals surface area contributed by atoms with Crippen LogP contribution in [0.2, 0.25) is 0 Å². The van der Waals surface area contributed by atoms with Gasteiger partial charge in [-0.25, -0.2) is 4.39 Å². The van der Waals surface area contributed by atoms with Gasteiger partial charge in [0.2, 0.25) is 0 Å². The highest BCUT2D eigenvalue weighted by Crippen LogP contribution is 2.17. The van der Waals surface area contributed by atoms with Gasteiger partial charge in [-0.3, -0.25) is 0 Å². The van der Waals surface area contributed by atoms with Crippen molar-refractivity contribution in [2.24, 2.45) is 0 Å². The fourth-order valence-corrected chi connectivity index (χ4v) is 0.929. The van der Waals surface area contributed by atoms with Crippen LogP contribution in [-0.2, 0) is 0 Å². The number of rotatable bonds is 0. The van der Waals surface area contributed by atoms with Gasteiger partial charge in [-0.05, 0) is 19.1 Å². The molecule has 0 nitrogen and oxygen atoms in total. The van der Waals surface area contributed by atoms with Crippen LogP contribution in [0.4, 0.5) is 4.39 Å². The highest BCUT2D eigenvalue weighted by atomic mass is 19.1. The summed E-state index contributed by atoms with van der Waals surface area (Å²) < 4.78 is 12.7. The molecule has 1 aliphatic rings. The molecule has 0 spiro atoms. The Morgan fingerprint density at radius 2 is 2.27 bits per heavy atom. The van der Waals surface area contributed by atoms with Crippen molar-refractivity contribution in [3.63, 3.8) is 0 Å². The second kappa shape index (κ2) is 3.21. The molecule has 0 fully saturated rings. The second-order valence-corrected chi connectivity index (χ2v) is 2.51. The molecule has 0 radical (unpaired) electrons. The zero-order valence-corrected chi connectivity index (χ0v) is 6.39. The summed E-state index contributed by atoms with van der Waals surface area (Å²) in [5, 5.41) is 0. The lowest BCUT2D eigenvalue weighted by Crippen LogP contribution is -1.78. The maximum absolute atomic E-state index is 12.7. The molecule has 0 aromatic rings. The Balaban J connectivity index is 2.98. The Bertz CT molecular complexity index is 284. The quantitative estimate of drug-likeness (QED) is 0.463. The van der Waals surface area contributed by atoms with E-state index in [1.54, 1.807) is 6.08 Å². The Kier molecular flexibility index (Phi) is 2.28. The number of hydrogen-bond donors (Lipinski definition) is 0. The van der Waals surface area contributed by atoms with Gasteiger partial charge >= 0.3 is 0 Å². The zero-order valence-electron chi connectivity index (χ0n) is 6.39. The molecule has 0 amide bonds. The molecule has 0 unspecified atom stereocenters. The summed E-state index contributed by atoms with van der Waals surface area (Å²) in [6.07, 6.45) is 10.4. The Hall–Kier alpha value is -1.29. The van der Waals surface area contributed by atoms with Gasteiger partial charge in [0.15, 0.2) is 0 Å². The zero-order chi connectivity index (χ0) is 8.27. The average molecular weight is 148 g/mol. The topological polar surface area (TPSA) is 0 Å². The highest BCUT2D eigenvalue weighted by molar-refractivity contribution is 5.39. The molecule has 0 heterocycles. The van der Waals surface area contributed by atoms with Crippen LogP contribution in [0.3, 0.4) is 0 Å². The van der Waals surface area contributed by atoms with Crippen molar-refractivity contribution in [1.29, 1.82) is 0 Å². The second-order valence-electron chi connectivity index (χ2n) is 2.51.